The molecule has 2 atom stereocenters. The third kappa shape index (κ3) is 2.10. The summed E-state index contributed by atoms with van der Waals surface area (Å²) in [7, 11) is 0. The maximum atomic E-state index is 11.9. The van der Waals surface area contributed by atoms with Crippen molar-refractivity contribution in [3.05, 3.63) is 0 Å². The smallest absolute Gasteiger partial charge is 0.410 e. The second kappa shape index (κ2) is 3.62. The molecule has 0 aromatic heterocycles. The summed E-state index contributed by atoms with van der Waals surface area (Å²) in [5.74, 6) is -0.786. The highest BCUT2D eigenvalue weighted by Gasteiger charge is 2.56. The first kappa shape index (κ1) is 12.2. The monoisotopic (exact) mass is 241 g/mol. The Kier molecular flexibility index (Phi) is 2.60. The Morgan fingerprint density at radius 3 is 2.53 bits per heavy atom. The summed E-state index contributed by atoms with van der Waals surface area (Å²) in [6, 6.07) is 0.0425. The van der Waals surface area contributed by atoms with Gasteiger partial charge in [-0.15, -0.1) is 0 Å². The van der Waals surface area contributed by atoms with Gasteiger partial charge < -0.3 is 14.7 Å². The number of hydrogen-bond donors (Lipinski definition) is 1. The van der Waals surface area contributed by atoms with Crippen LogP contribution < -0.4 is 0 Å². The Hall–Kier alpha value is -1.26. The summed E-state index contributed by atoms with van der Waals surface area (Å²) in [5.41, 5.74) is -1.25. The number of aliphatic carboxylic acids is 1. The third-order valence-electron chi connectivity index (χ3n) is 3.58. The van der Waals surface area contributed by atoms with Gasteiger partial charge >= 0.3 is 12.1 Å². The molecular weight excluding hydrogens is 222 g/mol. The first-order valence-electron chi connectivity index (χ1n) is 5.97. The number of piperidine rings is 1. The SMILES string of the molecule is CC(C)(C)OC(=O)N1CC2(C(=O)O)CCC1C2. The molecule has 0 aromatic rings. The van der Waals surface area contributed by atoms with E-state index in [-0.39, 0.29) is 12.1 Å². The van der Waals surface area contributed by atoms with E-state index < -0.39 is 17.0 Å². The van der Waals surface area contributed by atoms with Crippen molar-refractivity contribution in [3.8, 4) is 0 Å². The molecule has 1 aliphatic heterocycles. The van der Waals surface area contributed by atoms with Gasteiger partial charge in [0.2, 0.25) is 0 Å². The molecule has 1 saturated carbocycles. The lowest BCUT2D eigenvalue weighted by Crippen LogP contribution is -2.44. The zero-order valence-electron chi connectivity index (χ0n) is 10.5. The molecule has 0 radical (unpaired) electrons. The molecule has 1 aliphatic carbocycles. The highest BCUT2D eigenvalue weighted by Crippen LogP contribution is 2.48. The second-order valence-electron chi connectivity index (χ2n) is 6.09. The van der Waals surface area contributed by atoms with Gasteiger partial charge in [-0.3, -0.25) is 4.79 Å². The molecule has 2 bridgehead atoms. The minimum atomic E-state index is -0.786. The molecule has 1 saturated heterocycles. The molecule has 2 rings (SSSR count). The van der Waals surface area contributed by atoms with Crippen LogP contribution in [0.4, 0.5) is 4.79 Å². The number of nitrogens with zero attached hydrogens (tertiary/aromatic N) is 1. The van der Waals surface area contributed by atoms with Crippen molar-refractivity contribution in [1.29, 1.82) is 0 Å². The normalized spacial score (nSPS) is 31.7. The molecule has 96 valence electrons. The summed E-state index contributed by atoms with van der Waals surface area (Å²) in [5, 5.41) is 9.24. The topological polar surface area (TPSA) is 66.8 Å². The standard InChI is InChI=1S/C12H19NO4/c1-11(2,3)17-10(16)13-7-12(9(14)15)5-4-8(13)6-12/h8H,4-7H2,1-3H3,(H,14,15). The van der Waals surface area contributed by atoms with E-state index in [1.807, 2.05) is 20.8 Å². The number of ether oxygens (including phenoxy) is 1. The summed E-state index contributed by atoms with van der Waals surface area (Å²) in [6.07, 6.45) is 1.63. The summed E-state index contributed by atoms with van der Waals surface area (Å²) in [4.78, 5) is 24.8. The van der Waals surface area contributed by atoms with Crippen molar-refractivity contribution in [2.75, 3.05) is 6.54 Å². The molecular formula is C12H19NO4. The highest BCUT2D eigenvalue weighted by atomic mass is 16.6. The largest absolute Gasteiger partial charge is 0.481 e. The van der Waals surface area contributed by atoms with Crippen LogP contribution in [-0.2, 0) is 9.53 Å². The van der Waals surface area contributed by atoms with Gasteiger partial charge in [0.25, 0.3) is 0 Å². The lowest BCUT2D eigenvalue weighted by atomic mass is 9.88. The predicted octanol–water partition coefficient (Wildman–Crippen LogP) is 1.86. The zero-order valence-corrected chi connectivity index (χ0v) is 10.5. The average Bonchev–Trinajstić information content (AvgIpc) is 2.72. The van der Waals surface area contributed by atoms with Crippen LogP contribution in [0.1, 0.15) is 40.0 Å². The Bertz CT molecular complexity index is 360. The molecule has 5 heteroatoms. The highest BCUT2D eigenvalue weighted by molar-refractivity contribution is 5.79. The number of likely N-dealkylation sites (tertiary alicyclic amines) is 1. The third-order valence-corrected chi connectivity index (χ3v) is 3.58. The van der Waals surface area contributed by atoms with Crippen molar-refractivity contribution in [2.24, 2.45) is 5.41 Å². The number of carboxylic acid groups (broad SMARTS) is 1. The van der Waals surface area contributed by atoms with Gasteiger partial charge in [-0.1, -0.05) is 0 Å². The van der Waals surface area contributed by atoms with Crippen LogP contribution in [0.15, 0.2) is 0 Å². The van der Waals surface area contributed by atoms with E-state index in [0.717, 1.165) is 6.42 Å². The van der Waals surface area contributed by atoms with Crippen molar-refractivity contribution < 1.29 is 19.4 Å². The zero-order chi connectivity index (χ0) is 12.8. The van der Waals surface area contributed by atoms with E-state index in [0.29, 0.717) is 19.4 Å². The second-order valence-corrected chi connectivity index (χ2v) is 6.09. The Balaban J connectivity index is 2.07. The Morgan fingerprint density at radius 1 is 1.41 bits per heavy atom. The van der Waals surface area contributed by atoms with Crippen LogP contribution >= 0.6 is 0 Å². The fourth-order valence-electron chi connectivity index (χ4n) is 2.76. The fourth-order valence-corrected chi connectivity index (χ4v) is 2.76. The predicted molar refractivity (Wildman–Crippen MR) is 60.6 cm³/mol. The minimum absolute atomic E-state index is 0.0425. The van der Waals surface area contributed by atoms with E-state index in [4.69, 9.17) is 4.74 Å². The van der Waals surface area contributed by atoms with E-state index in [1.54, 1.807) is 4.90 Å². The van der Waals surface area contributed by atoms with Crippen LogP contribution in [-0.4, -0.2) is 40.3 Å². The number of amides is 1. The summed E-state index contributed by atoms with van der Waals surface area (Å²) >= 11 is 0. The lowest BCUT2D eigenvalue weighted by molar-refractivity contribution is -0.148. The van der Waals surface area contributed by atoms with Crippen LogP contribution in [0, 0.1) is 5.41 Å². The van der Waals surface area contributed by atoms with Crippen LogP contribution in [0.2, 0.25) is 0 Å². The molecule has 1 heterocycles. The van der Waals surface area contributed by atoms with E-state index >= 15 is 0 Å². The molecule has 0 aromatic carbocycles. The fraction of sp³-hybridized carbons (Fsp3) is 0.833. The van der Waals surface area contributed by atoms with Crippen LogP contribution in [0.25, 0.3) is 0 Å². The van der Waals surface area contributed by atoms with E-state index in [1.165, 1.54) is 0 Å². The first-order valence-corrected chi connectivity index (χ1v) is 5.97. The number of carbonyl (C=O) groups excluding carboxylic acids is 1. The summed E-state index contributed by atoms with van der Waals surface area (Å²) < 4.78 is 5.29. The molecule has 2 fully saturated rings. The molecule has 1 N–H and O–H groups in total. The molecule has 17 heavy (non-hydrogen) atoms. The number of carbonyl (C=O) groups is 2. The summed E-state index contributed by atoms with van der Waals surface area (Å²) in [6.45, 7) is 5.73. The minimum Gasteiger partial charge on any atom is -0.481 e. The van der Waals surface area contributed by atoms with Crippen LogP contribution in [0.3, 0.4) is 0 Å². The van der Waals surface area contributed by atoms with Gasteiger partial charge in [0, 0.05) is 12.6 Å². The number of rotatable bonds is 1. The van der Waals surface area contributed by atoms with Crippen molar-refractivity contribution in [3.63, 3.8) is 0 Å². The molecule has 0 spiro atoms. The Morgan fingerprint density at radius 2 is 2.06 bits per heavy atom. The molecule has 1 amide bonds. The van der Waals surface area contributed by atoms with Gasteiger partial charge in [-0.25, -0.2) is 4.79 Å². The van der Waals surface area contributed by atoms with E-state index in [9.17, 15) is 14.7 Å². The van der Waals surface area contributed by atoms with E-state index in [2.05, 4.69) is 0 Å². The Labute approximate surface area is 101 Å². The number of fused-ring (bicyclic) bond motifs is 2. The van der Waals surface area contributed by atoms with Gasteiger partial charge in [0.15, 0.2) is 0 Å². The first-order chi connectivity index (χ1) is 7.73. The van der Waals surface area contributed by atoms with Crippen molar-refractivity contribution in [2.45, 2.75) is 51.7 Å². The van der Waals surface area contributed by atoms with Crippen molar-refractivity contribution >= 4 is 12.1 Å². The number of hydrogen-bond acceptors (Lipinski definition) is 3. The molecule has 2 unspecified atom stereocenters. The van der Waals surface area contributed by atoms with Gasteiger partial charge in [0.05, 0.1) is 5.41 Å². The van der Waals surface area contributed by atoms with Crippen molar-refractivity contribution in [1.82, 2.24) is 4.90 Å². The van der Waals surface area contributed by atoms with Gasteiger partial charge in [-0.2, -0.15) is 0 Å². The lowest BCUT2D eigenvalue weighted by Gasteiger charge is -2.32. The quantitative estimate of drug-likeness (QED) is 0.761. The van der Waals surface area contributed by atoms with Gasteiger partial charge in [0.1, 0.15) is 5.60 Å². The molecule has 2 aliphatic rings. The van der Waals surface area contributed by atoms with Crippen LogP contribution in [0.5, 0.6) is 0 Å². The maximum Gasteiger partial charge on any atom is 0.410 e. The maximum absolute atomic E-state index is 11.9. The average molecular weight is 241 g/mol. The number of carboxylic acids is 1. The van der Waals surface area contributed by atoms with Gasteiger partial charge in [-0.05, 0) is 40.0 Å². The molecule has 5 nitrogen and oxygen atoms in total.